The molecule has 2 heterocycles. The first-order chi connectivity index (χ1) is 12.2. The number of carbonyl (C=O) groups is 1. The number of ether oxygens (including phenoxy) is 1. The molecule has 2 aromatic heterocycles. The number of carbonyl (C=O) groups excluding carboxylic acids is 1. The monoisotopic (exact) mass is 337 g/mol. The molecule has 1 aromatic carbocycles. The van der Waals surface area contributed by atoms with Gasteiger partial charge in [-0.1, -0.05) is 12.1 Å². The molecule has 0 radical (unpaired) electrons. The molecule has 3 rings (SSSR count). The standard InChI is InChI=1S/C18H19N5O2/c1-3-25-16-7-5-4-6-15(16)22-18(24)21-14-8-9-17(20-12-14)23-11-10-19-13(23)2/h4-12H,3H2,1-2H3,(H2,21,22,24). The van der Waals surface area contributed by atoms with Gasteiger partial charge in [-0.2, -0.15) is 0 Å². The van der Waals surface area contributed by atoms with E-state index in [0.29, 0.717) is 23.7 Å². The first-order valence-electron chi connectivity index (χ1n) is 7.93. The summed E-state index contributed by atoms with van der Waals surface area (Å²) < 4.78 is 7.36. The molecule has 0 atom stereocenters. The Morgan fingerprint density at radius 1 is 1.16 bits per heavy atom. The van der Waals surface area contributed by atoms with E-state index in [1.54, 1.807) is 24.5 Å². The summed E-state index contributed by atoms with van der Waals surface area (Å²) in [4.78, 5) is 20.7. The van der Waals surface area contributed by atoms with Gasteiger partial charge in [0.05, 0.1) is 24.2 Å². The number of aryl methyl sites for hydroxylation is 1. The third-order valence-electron chi connectivity index (χ3n) is 3.51. The first-order valence-corrected chi connectivity index (χ1v) is 7.93. The zero-order chi connectivity index (χ0) is 17.6. The number of hydrogen-bond donors (Lipinski definition) is 2. The Hall–Kier alpha value is -3.35. The van der Waals surface area contributed by atoms with E-state index in [2.05, 4.69) is 20.6 Å². The van der Waals surface area contributed by atoms with Crippen LogP contribution < -0.4 is 15.4 Å². The number of urea groups is 1. The molecule has 0 aliphatic heterocycles. The van der Waals surface area contributed by atoms with Crippen LogP contribution in [0, 0.1) is 6.92 Å². The highest BCUT2D eigenvalue weighted by atomic mass is 16.5. The van der Waals surface area contributed by atoms with Crippen LogP contribution in [0.5, 0.6) is 5.75 Å². The maximum absolute atomic E-state index is 12.2. The van der Waals surface area contributed by atoms with Gasteiger partial charge in [0, 0.05) is 12.4 Å². The Balaban J connectivity index is 1.66. The number of pyridine rings is 1. The van der Waals surface area contributed by atoms with Crippen LogP contribution in [0.3, 0.4) is 0 Å². The number of aromatic nitrogens is 3. The van der Waals surface area contributed by atoms with E-state index in [4.69, 9.17) is 4.74 Å². The molecule has 0 saturated heterocycles. The van der Waals surface area contributed by atoms with Gasteiger partial charge < -0.3 is 15.4 Å². The summed E-state index contributed by atoms with van der Waals surface area (Å²) in [5, 5.41) is 5.53. The minimum absolute atomic E-state index is 0.361. The minimum atomic E-state index is -0.361. The summed E-state index contributed by atoms with van der Waals surface area (Å²) in [5.74, 6) is 2.21. The molecule has 0 bridgehead atoms. The van der Waals surface area contributed by atoms with Crippen molar-refractivity contribution in [2.24, 2.45) is 0 Å². The van der Waals surface area contributed by atoms with E-state index in [-0.39, 0.29) is 6.03 Å². The van der Waals surface area contributed by atoms with Crippen LogP contribution in [-0.2, 0) is 0 Å². The molecule has 0 aliphatic carbocycles. The molecular weight excluding hydrogens is 318 g/mol. The van der Waals surface area contributed by atoms with Gasteiger partial charge in [-0.25, -0.2) is 14.8 Å². The number of nitrogens with one attached hydrogen (secondary N) is 2. The van der Waals surface area contributed by atoms with E-state index in [1.807, 2.05) is 48.9 Å². The van der Waals surface area contributed by atoms with Crippen LogP contribution in [0.25, 0.3) is 5.82 Å². The van der Waals surface area contributed by atoms with Crippen LogP contribution >= 0.6 is 0 Å². The van der Waals surface area contributed by atoms with E-state index in [1.165, 1.54) is 0 Å². The van der Waals surface area contributed by atoms with Crippen LogP contribution in [-0.4, -0.2) is 27.2 Å². The third-order valence-corrected chi connectivity index (χ3v) is 3.51. The average molecular weight is 337 g/mol. The number of imidazole rings is 1. The second-order valence-electron chi connectivity index (χ2n) is 5.26. The van der Waals surface area contributed by atoms with Gasteiger partial charge in [-0.3, -0.25) is 4.57 Å². The molecular formula is C18H19N5O2. The second kappa shape index (κ2) is 7.48. The molecule has 3 aromatic rings. The summed E-state index contributed by atoms with van der Waals surface area (Å²) in [6.45, 7) is 4.32. The molecule has 0 unspecified atom stereocenters. The molecule has 128 valence electrons. The van der Waals surface area contributed by atoms with Gasteiger partial charge in [0.2, 0.25) is 0 Å². The zero-order valence-electron chi connectivity index (χ0n) is 14.1. The summed E-state index contributed by atoms with van der Waals surface area (Å²) in [7, 11) is 0. The summed E-state index contributed by atoms with van der Waals surface area (Å²) in [5.41, 5.74) is 1.20. The number of amides is 2. The molecule has 2 N–H and O–H groups in total. The van der Waals surface area contributed by atoms with Crippen molar-refractivity contribution in [2.45, 2.75) is 13.8 Å². The maximum Gasteiger partial charge on any atom is 0.323 e. The van der Waals surface area contributed by atoms with E-state index in [0.717, 1.165) is 11.6 Å². The maximum atomic E-state index is 12.2. The van der Waals surface area contributed by atoms with Crippen LogP contribution in [0.2, 0.25) is 0 Å². The Labute approximate surface area is 145 Å². The lowest BCUT2D eigenvalue weighted by molar-refractivity contribution is 0.262. The van der Waals surface area contributed by atoms with Gasteiger partial charge >= 0.3 is 6.03 Å². The molecule has 0 aliphatic rings. The SMILES string of the molecule is CCOc1ccccc1NC(=O)Nc1ccc(-n2ccnc2C)nc1. The summed E-state index contributed by atoms with van der Waals surface area (Å²) in [6, 6.07) is 10.5. The Bertz CT molecular complexity index is 858. The largest absolute Gasteiger partial charge is 0.492 e. The predicted molar refractivity (Wildman–Crippen MR) is 96.3 cm³/mol. The molecule has 0 fully saturated rings. The van der Waals surface area contributed by atoms with Gasteiger partial charge in [0.25, 0.3) is 0 Å². The molecule has 7 heteroatoms. The quantitative estimate of drug-likeness (QED) is 0.745. The fraction of sp³-hybridized carbons (Fsp3) is 0.167. The highest BCUT2D eigenvalue weighted by Crippen LogP contribution is 2.23. The van der Waals surface area contributed by atoms with Gasteiger partial charge in [-0.15, -0.1) is 0 Å². The minimum Gasteiger partial charge on any atom is -0.492 e. The van der Waals surface area contributed by atoms with Crippen LogP contribution in [0.4, 0.5) is 16.2 Å². The molecule has 25 heavy (non-hydrogen) atoms. The summed E-state index contributed by atoms with van der Waals surface area (Å²) in [6.07, 6.45) is 5.15. The van der Waals surface area contributed by atoms with Crippen LogP contribution in [0.1, 0.15) is 12.7 Å². The normalized spacial score (nSPS) is 10.3. The highest BCUT2D eigenvalue weighted by molar-refractivity contribution is 6.00. The number of nitrogens with zero attached hydrogens (tertiary/aromatic N) is 3. The van der Waals surface area contributed by atoms with Gasteiger partial charge in [0.1, 0.15) is 17.4 Å². The fourth-order valence-electron chi connectivity index (χ4n) is 2.36. The van der Waals surface area contributed by atoms with Crippen molar-refractivity contribution in [3.8, 4) is 11.6 Å². The predicted octanol–water partition coefficient (Wildman–Crippen LogP) is 3.62. The summed E-state index contributed by atoms with van der Waals surface area (Å²) >= 11 is 0. The van der Waals surface area contributed by atoms with Crippen molar-refractivity contribution < 1.29 is 9.53 Å². The van der Waals surface area contributed by atoms with Crippen molar-refractivity contribution in [3.63, 3.8) is 0 Å². The van der Waals surface area contributed by atoms with Crippen molar-refractivity contribution in [1.82, 2.24) is 14.5 Å². The number of anilines is 2. The Morgan fingerprint density at radius 2 is 2.00 bits per heavy atom. The van der Waals surface area contributed by atoms with Gasteiger partial charge in [-0.05, 0) is 38.1 Å². The Kier molecular flexibility index (Phi) is 4.94. The topological polar surface area (TPSA) is 81.1 Å². The zero-order valence-corrected chi connectivity index (χ0v) is 14.1. The van der Waals surface area contributed by atoms with E-state index >= 15 is 0 Å². The fourth-order valence-corrected chi connectivity index (χ4v) is 2.36. The average Bonchev–Trinajstić information content (AvgIpc) is 3.03. The number of para-hydroxylation sites is 2. The molecule has 2 amide bonds. The van der Waals surface area contributed by atoms with E-state index < -0.39 is 0 Å². The number of benzene rings is 1. The lowest BCUT2D eigenvalue weighted by atomic mass is 10.3. The number of hydrogen-bond acceptors (Lipinski definition) is 4. The van der Waals surface area contributed by atoms with Crippen molar-refractivity contribution >= 4 is 17.4 Å². The van der Waals surface area contributed by atoms with Gasteiger partial charge in [0.15, 0.2) is 0 Å². The number of rotatable bonds is 5. The highest BCUT2D eigenvalue weighted by Gasteiger charge is 2.08. The van der Waals surface area contributed by atoms with Crippen molar-refractivity contribution in [2.75, 3.05) is 17.2 Å². The van der Waals surface area contributed by atoms with Crippen LogP contribution in [0.15, 0.2) is 55.0 Å². The lowest BCUT2D eigenvalue weighted by Gasteiger charge is -2.12. The third kappa shape index (κ3) is 3.95. The second-order valence-corrected chi connectivity index (χ2v) is 5.26. The smallest absolute Gasteiger partial charge is 0.323 e. The first kappa shape index (κ1) is 16.5. The van der Waals surface area contributed by atoms with E-state index in [9.17, 15) is 4.79 Å². The molecule has 0 saturated carbocycles. The molecule has 7 nitrogen and oxygen atoms in total. The van der Waals surface area contributed by atoms with Crippen molar-refractivity contribution in [3.05, 3.63) is 60.8 Å². The molecule has 0 spiro atoms. The van der Waals surface area contributed by atoms with Crippen molar-refractivity contribution in [1.29, 1.82) is 0 Å². The lowest BCUT2D eigenvalue weighted by Crippen LogP contribution is -2.20. The Morgan fingerprint density at radius 3 is 2.68 bits per heavy atom.